The van der Waals surface area contributed by atoms with Gasteiger partial charge in [-0.15, -0.1) is 0 Å². The van der Waals surface area contributed by atoms with Gasteiger partial charge in [-0.25, -0.2) is 17.1 Å². The molecule has 1 fully saturated rings. The fourth-order valence-corrected chi connectivity index (χ4v) is 5.53. The van der Waals surface area contributed by atoms with E-state index in [1.54, 1.807) is 11.0 Å². The summed E-state index contributed by atoms with van der Waals surface area (Å²) in [5, 5.41) is 0. The molecule has 0 unspecified atom stereocenters. The fourth-order valence-electron chi connectivity index (χ4n) is 3.85. The number of anilines is 1. The molecule has 1 aromatic carbocycles. The van der Waals surface area contributed by atoms with Gasteiger partial charge in [0.2, 0.25) is 15.9 Å². The quantitative estimate of drug-likeness (QED) is 0.787. The molecule has 2 aliphatic heterocycles. The molecule has 0 aromatic heterocycles. The van der Waals surface area contributed by atoms with E-state index in [0.29, 0.717) is 38.9 Å². The predicted molar refractivity (Wildman–Crippen MR) is 100 cm³/mol. The average molecular weight is 383 g/mol. The molecule has 0 bridgehead atoms. The molecule has 144 valence electrons. The van der Waals surface area contributed by atoms with E-state index in [4.69, 9.17) is 0 Å². The highest BCUT2D eigenvalue weighted by Gasteiger charge is 2.34. The van der Waals surface area contributed by atoms with Crippen LogP contribution in [0.4, 0.5) is 10.1 Å². The lowest BCUT2D eigenvalue weighted by atomic mass is 9.94. The van der Waals surface area contributed by atoms with E-state index in [1.165, 1.54) is 16.4 Å². The van der Waals surface area contributed by atoms with Crippen LogP contribution in [0.5, 0.6) is 0 Å². The van der Waals surface area contributed by atoms with Crippen LogP contribution in [0.15, 0.2) is 18.2 Å². The number of piperidine rings is 1. The zero-order chi connectivity index (χ0) is 18.7. The number of rotatable bonds is 5. The first kappa shape index (κ1) is 19.3. The van der Waals surface area contributed by atoms with Gasteiger partial charge in [-0.2, -0.15) is 0 Å². The molecule has 26 heavy (non-hydrogen) atoms. The number of amides is 1. The summed E-state index contributed by atoms with van der Waals surface area (Å²) < 4.78 is 39.6. The fraction of sp³-hybridized carbons (Fsp3) is 0.632. The highest BCUT2D eigenvalue weighted by molar-refractivity contribution is 7.89. The van der Waals surface area contributed by atoms with Gasteiger partial charge in [0.15, 0.2) is 0 Å². The Hall–Kier alpha value is -1.47. The number of carbonyl (C=O) groups is 1. The van der Waals surface area contributed by atoms with Crippen molar-refractivity contribution in [2.24, 2.45) is 5.92 Å². The summed E-state index contributed by atoms with van der Waals surface area (Å²) in [7, 11) is -3.21. The molecule has 1 aromatic rings. The Morgan fingerprint density at radius 1 is 1.23 bits per heavy atom. The van der Waals surface area contributed by atoms with E-state index in [0.717, 1.165) is 30.5 Å². The van der Waals surface area contributed by atoms with Crippen molar-refractivity contribution >= 4 is 21.6 Å². The third kappa shape index (κ3) is 4.09. The first-order valence-corrected chi connectivity index (χ1v) is 11.1. The molecule has 1 saturated heterocycles. The molecule has 0 saturated carbocycles. The number of aryl methyl sites for hydroxylation is 1. The zero-order valence-electron chi connectivity index (χ0n) is 15.3. The number of fused-ring (bicyclic) bond motifs is 1. The van der Waals surface area contributed by atoms with Crippen molar-refractivity contribution in [3.05, 3.63) is 29.6 Å². The summed E-state index contributed by atoms with van der Waals surface area (Å²) in [6.07, 6.45) is 4.23. The number of halogens is 1. The topological polar surface area (TPSA) is 57.7 Å². The van der Waals surface area contributed by atoms with Gasteiger partial charge in [0.25, 0.3) is 0 Å². The largest absolute Gasteiger partial charge is 0.312 e. The van der Waals surface area contributed by atoms with Crippen LogP contribution < -0.4 is 4.90 Å². The highest BCUT2D eigenvalue weighted by atomic mass is 32.2. The van der Waals surface area contributed by atoms with Crippen LogP contribution in [0.1, 0.15) is 44.6 Å². The van der Waals surface area contributed by atoms with Crippen molar-refractivity contribution in [2.75, 3.05) is 30.3 Å². The number of sulfonamides is 1. The third-order valence-electron chi connectivity index (χ3n) is 5.38. The Morgan fingerprint density at radius 2 is 1.96 bits per heavy atom. The summed E-state index contributed by atoms with van der Waals surface area (Å²) in [5.41, 5.74) is 1.69. The molecule has 2 heterocycles. The minimum Gasteiger partial charge on any atom is -0.312 e. The maximum Gasteiger partial charge on any atom is 0.230 e. The Bertz CT molecular complexity index is 758. The van der Waals surface area contributed by atoms with Gasteiger partial charge in [-0.05, 0) is 55.9 Å². The van der Waals surface area contributed by atoms with E-state index in [-0.39, 0.29) is 23.4 Å². The summed E-state index contributed by atoms with van der Waals surface area (Å²) >= 11 is 0. The molecule has 0 aliphatic carbocycles. The number of benzene rings is 1. The maximum atomic E-state index is 13.5. The summed E-state index contributed by atoms with van der Waals surface area (Å²) in [6, 6.07) is 4.59. The number of nitrogens with zero attached hydrogens (tertiary/aromatic N) is 2. The van der Waals surface area contributed by atoms with E-state index in [2.05, 4.69) is 0 Å². The third-order valence-corrected chi connectivity index (χ3v) is 7.34. The second-order valence-electron chi connectivity index (χ2n) is 7.21. The maximum absolute atomic E-state index is 13.5. The molecule has 2 aliphatic rings. The molecule has 5 nitrogen and oxygen atoms in total. The SMILES string of the molecule is CCCCS(=O)(=O)N1CCC(C(=O)N2CCCc3cc(F)ccc32)CC1. The molecular formula is C19H27FN2O3S. The van der Waals surface area contributed by atoms with Crippen molar-refractivity contribution in [1.29, 1.82) is 0 Å². The van der Waals surface area contributed by atoms with Crippen molar-refractivity contribution in [3.63, 3.8) is 0 Å². The lowest BCUT2D eigenvalue weighted by Gasteiger charge is -2.36. The average Bonchev–Trinajstić information content (AvgIpc) is 2.65. The van der Waals surface area contributed by atoms with Crippen LogP contribution in [-0.2, 0) is 21.2 Å². The van der Waals surface area contributed by atoms with Crippen molar-refractivity contribution in [2.45, 2.75) is 45.4 Å². The Kier molecular flexibility index (Phi) is 5.97. The van der Waals surface area contributed by atoms with Gasteiger partial charge in [0.05, 0.1) is 5.75 Å². The van der Waals surface area contributed by atoms with Gasteiger partial charge in [0.1, 0.15) is 5.82 Å². The van der Waals surface area contributed by atoms with E-state index < -0.39 is 10.0 Å². The zero-order valence-corrected chi connectivity index (χ0v) is 16.1. The van der Waals surface area contributed by atoms with Crippen LogP contribution in [-0.4, -0.2) is 44.0 Å². The lowest BCUT2D eigenvalue weighted by Crippen LogP contribution is -2.46. The first-order chi connectivity index (χ1) is 12.4. The Balaban J connectivity index is 1.65. The molecule has 0 atom stereocenters. The Morgan fingerprint density at radius 3 is 2.65 bits per heavy atom. The summed E-state index contributed by atoms with van der Waals surface area (Å²) in [4.78, 5) is 14.8. The summed E-state index contributed by atoms with van der Waals surface area (Å²) in [5.74, 6) is -0.205. The number of carbonyl (C=O) groups excluding carboxylic acids is 1. The number of hydrogen-bond donors (Lipinski definition) is 0. The van der Waals surface area contributed by atoms with Crippen LogP contribution in [0.3, 0.4) is 0 Å². The number of unbranched alkanes of at least 4 members (excludes halogenated alkanes) is 1. The minimum atomic E-state index is -3.21. The first-order valence-electron chi connectivity index (χ1n) is 9.50. The highest BCUT2D eigenvalue weighted by Crippen LogP contribution is 2.31. The second-order valence-corrected chi connectivity index (χ2v) is 9.30. The van der Waals surface area contributed by atoms with E-state index in [9.17, 15) is 17.6 Å². The normalized spacial score (nSPS) is 19.4. The van der Waals surface area contributed by atoms with Crippen molar-refractivity contribution in [1.82, 2.24) is 4.31 Å². The minimum absolute atomic E-state index is 0.0446. The van der Waals surface area contributed by atoms with Gasteiger partial charge in [-0.1, -0.05) is 13.3 Å². The predicted octanol–water partition coefficient (Wildman–Crippen LogP) is 2.95. The summed E-state index contributed by atoms with van der Waals surface area (Å²) in [6.45, 7) is 3.44. The molecule has 1 amide bonds. The van der Waals surface area contributed by atoms with Crippen molar-refractivity contribution < 1.29 is 17.6 Å². The van der Waals surface area contributed by atoms with Crippen LogP contribution in [0.25, 0.3) is 0 Å². The number of hydrogen-bond acceptors (Lipinski definition) is 3. The van der Waals surface area contributed by atoms with Gasteiger partial charge < -0.3 is 4.90 Å². The van der Waals surface area contributed by atoms with Gasteiger partial charge in [-0.3, -0.25) is 4.79 Å². The molecule has 3 rings (SSSR count). The standard InChI is InChI=1S/C19H27FN2O3S/c1-2-3-13-26(24,25)21-11-8-15(9-12-21)19(23)22-10-4-5-16-14-17(20)6-7-18(16)22/h6-7,14-15H,2-5,8-13H2,1H3. The van der Waals surface area contributed by atoms with Gasteiger partial charge >= 0.3 is 0 Å². The van der Waals surface area contributed by atoms with E-state index >= 15 is 0 Å². The molecule has 0 radical (unpaired) electrons. The Labute approximate surface area is 155 Å². The monoisotopic (exact) mass is 382 g/mol. The smallest absolute Gasteiger partial charge is 0.230 e. The second kappa shape index (κ2) is 8.05. The van der Waals surface area contributed by atoms with Crippen LogP contribution in [0, 0.1) is 11.7 Å². The molecule has 0 spiro atoms. The molecule has 0 N–H and O–H groups in total. The molecule has 7 heteroatoms. The van der Waals surface area contributed by atoms with E-state index in [1.807, 2.05) is 6.92 Å². The lowest BCUT2D eigenvalue weighted by molar-refractivity contribution is -0.123. The van der Waals surface area contributed by atoms with Crippen molar-refractivity contribution in [3.8, 4) is 0 Å². The van der Waals surface area contributed by atoms with Gasteiger partial charge in [0, 0.05) is 31.2 Å². The van der Waals surface area contributed by atoms with Crippen LogP contribution in [0.2, 0.25) is 0 Å². The molecular weight excluding hydrogens is 355 g/mol. The van der Waals surface area contributed by atoms with Crippen LogP contribution >= 0.6 is 0 Å².